The van der Waals surface area contributed by atoms with Gasteiger partial charge in [-0.05, 0) is 32.9 Å². The third kappa shape index (κ3) is 1.20. The normalized spacial score (nSPS) is 29.7. The Morgan fingerprint density at radius 2 is 1.82 bits per heavy atom. The molecule has 1 spiro atoms. The highest BCUT2D eigenvalue weighted by molar-refractivity contribution is 8.02. The monoisotopic (exact) mass is 171 g/mol. The molecular weight excluding hydrogens is 154 g/mol. The molecule has 0 radical (unpaired) electrons. The van der Waals surface area contributed by atoms with E-state index in [4.69, 9.17) is 0 Å². The van der Waals surface area contributed by atoms with E-state index < -0.39 is 0 Å². The number of rotatable bonds is 0. The predicted octanol–water partition coefficient (Wildman–Crippen LogP) is 1.98. The molecule has 11 heavy (non-hydrogen) atoms. The third-order valence-corrected chi connectivity index (χ3v) is 4.36. The lowest BCUT2D eigenvalue weighted by Gasteiger charge is -2.59. The first kappa shape index (κ1) is 7.93. The standard InChI is InChI=1S/C9H17NS/c1-8(2,3)10-6-9(7-10)4-5-11-9/h4-7H2,1-3H3. The molecule has 0 amide bonds. The lowest BCUT2D eigenvalue weighted by molar-refractivity contribution is 0.0266. The lowest BCUT2D eigenvalue weighted by Crippen LogP contribution is -2.68. The molecule has 2 aliphatic rings. The second-order valence-electron chi connectivity index (χ2n) is 4.81. The number of likely N-dealkylation sites (tertiary alicyclic amines) is 1. The second kappa shape index (κ2) is 2.17. The Balaban J connectivity index is 1.88. The number of hydrogen-bond donors (Lipinski definition) is 0. The van der Waals surface area contributed by atoms with E-state index in [2.05, 4.69) is 37.4 Å². The van der Waals surface area contributed by atoms with E-state index in [9.17, 15) is 0 Å². The summed E-state index contributed by atoms with van der Waals surface area (Å²) in [6.07, 6.45) is 1.46. The Kier molecular flexibility index (Phi) is 1.56. The maximum absolute atomic E-state index is 2.58. The molecule has 64 valence electrons. The van der Waals surface area contributed by atoms with Crippen molar-refractivity contribution < 1.29 is 0 Å². The average molecular weight is 171 g/mol. The Bertz CT molecular complexity index is 159. The van der Waals surface area contributed by atoms with Crippen LogP contribution >= 0.6 is 11.8 Å². The minimum absolute atomic E-state index is 0.404. The molecule has 2 heteroatoms. The molecular formula is C9H17NS. The number of hydrogen-bond acceptors (Lipinski definition) is 2. The maximum atomic E-state index is 2.58. The first-order valence-electron chi connectivity index (χ1n) is 4.41. The summed E-state index contributed by atoms with van der Waals surface area (Å²) < 4.78 is 0.716. The lowest BCUT2D eigenvalue weighted by atomic mass is 9.89. The molecule has 0 aromatic carbocycles. The molecule has 2 fully saturated rings. The first-order valence-corrected chi connectivity index (χ1v) is 5.40. The van der Waals surface area contributed by atoms with Gasteiger partial charge in [0.05, 0.1) is 0 Å². The van der Waals surface area contributed by atoms with E-state index >= 15 is 0 Å². The minimum atomic E-state index is 0.404. The van der Waals surface area contributed by atoms with Crippen LogP contribution in [0.4, 0.5) is 0 Å². The van der Waals surface area contributed by atoms with Crippen LogP contribution in [0.25, 0.3) is 0 Å². The maximum Gasteiger partial charge on any atom is 0.0421 e. The van der Waals surface area contributed by atoms with Gasteiger partial charge in [-0.3, -0.25) is 4.90 Å². The molecule has 2 rings (SSSR count). The van der Waals surface area contributed by atoms with E-state index in [1.165, 1.54) is 25.3 Å². The summed E-state index contributed by atoms with van der Waals surface area (Å²) in [7, 11) is 0. The van der Waals surface area contributed by atoms with E-state index in [-0.39, 0.29) is 0 Å². The van der Waals surface area contributed by atoms with Gasteiger partial charge in [0.2, 0.25) is 0 Å². The summed E-state index contributed by atoms with van der Waals surface area (Å²) in [5, 5.41) is 0. The molecule has 0 saturated carbocycles. The van der Waals surface area contributed by atoms with Crippen LogP contribution in [0.3, 0.4) is 0 Å². The van der Waals surface area contributed by atoms with Crippen LogP contribution in [0, 0.1) is 0 Å². The summed E-state index contributed by atoms with van der Waals surface area (Å²) in [5.41, 5.74) is 0.404. The Morgan fingerprint density at radius 1 is 1.27 bits per heavy atom. The van der Waals surface area contributed by atoms with Crippen LogP contribution in [0.1, 0.15) is 27.2 Å². The van der Waals surface area contributed by atoms with Gasteiger partial charge in [0.15, 0.2) is 0 Å². The zero-order valence-corrected chi connectivity index (χ0v) is 8.50. The fraction of sp³-hybridized carbons (Fsp3) is 1.00. The van der Waals surface area contributed by atoms with E-state index in [1.54, 1.807) is 0 Å². The minimum Gasteiger partial charge on any atom is -0.296 e. The summed E-state index contributed by atoms with van der Waals surface area (Å²) in [6, 6.07) is 0. The van der Waals surface area contributed by atoms with Gasteiger partial charge in [0, 0.05) is 23.4 Å². The van der Waals surface area contributed by atoms with Gasteiger partial charge in [0.25, 0.3) is 0 Å². The summed E-state index contributed by atoms with van der Waals surface area (Å²) in [6.45, 7) is 9.60. The molecule has 0 aromatic rings. The van der Waals surface area contributed by atoms with E-state index in [0.717, 1.165) is 0 Å². The smallest absolute Gasteiger partial charge is 0.0421 e. The Hall–Kier alpha value is 0.310. The van der Waals surface area contributed by atoms with Gasteiger partial charge in [-0.1, -0.05) is 0 Å². The van der Waals surface area contributed by atoms with Gasteiger partial charge < -0.3 is 0 Å². The largest absolute Gasteiger partial charge is 0.296 e. The highest BCUT2D eigenvalue weighted by Crippen LogP contribution is 2.49. The van der Waals surface area contributed by atoms with Crippen molar-refractivity contribution in [2.45, 2.75) is 37.5 Å². The molecule has 0 unspecified atom stereocenters. The van der Waals surface area contributed by atoms with Crippen molar-refractivity contribution in [1.29, 1.82) is 0 Å². The SMILES string of the molecule is CC(C)(C)N1CC2(CCS2)C1. The van der Waals surface area contributed by atoms with E-state index in [1.807, 2.05) is 0 Å². The van der Waals surface area contributed by atoms with Crippen LogP contribution in [0.2, 0.25) is 0 Å². The molecule has 0 atom stereocenters. The quantitative estimate of drug-likeness (QED) is 0.548. The van der Waals surface area contributed by atoms with Crippen molar-refractivity contribution in [2.24, 2.45) is 0 Å². The zero-order chi connectivity index (χ0) is 8.11. The van der Waals surface area contributed by atoms with E-state index in [0.29, 0.717) is 10.3 Å². The van der Waals surface area contributed by atoms with Crippen molar-refractivity contribution in [3.63, 3.8) is 0 Å². The van der Waals surface area contributed by atoms with Crippen molar-refractivity contribution in [1.82, 2.24) is 4.90 Å². The van der Waals surface area contributed by atoms with Crippen molar-refractivity contribution in [3.05, 3.63) is 0 Å². The van der Waals surface area contributed by atoms with Crippen LogP contribution in [-0.4, -0.2) is 34.0 Å². The van der Waals surface area contributed by atoms with Crippen molar-refractivity contribution in [2.75, 3.05) is 18.8 Å². The van der Waals surface area contributed by atoms with Crippen LogP contribution in [-0.2, 0) is 0 Å². The summed E-state index contributed by atoms with van der Waals surface area (Å²) in [5.74, 6) is 1.40. The van der Waals surface area contributed by atoms with Crippen molar-refractivity contribution in [3.8, 4) is 0 Å². The molecule has 0 N–H and O–H groups in total. The summed E-state index contributed by atoms with van der Waals surface area (Å²) in [4.78, 5) is 2.58. The van der Waals surface area contributed by atoms with Gasteiger partial charge >= 0.3 is 0 Å². The highest BCUT2D eigenvalue weighted by Gasteiger charge is 2.50. The fourth-order valence-corrected chi connectivity index (χ4v) is 3.04. The number of nitrogens with zero attached hydrogens (tertiary/aromatic N) is 1. The van der Waals surface area contributed by atoms with Gasteiger partial charge in [0.1, 0.15) is 0 Å². The molecule has 0 aromatic heterocycles. The van der Waals surface area contributed by atoms with Gasteiger partial charge in [-0.2, -0.15) is 11.8 Å². The predicted molar refractivity (Wildman–Crippen MR) is 51.1 cm³/mol. The number of thioether (sulfide) groups is 1. The van der Waals surface area contributed by atoms with Gasteiger partial charge in [-0.15, -0.1) is 0 Å². The van der Waals surface area contributed by atoms with Crippen LogP contribution in [0.5, 0.6) is 0 Å². The molecule has 2 heterocycles. The Morgan fingerprint density at radius 3 is 2.09 bits per heavy atom. The second-order valence-corrected chi connectivity index (χ2v) is 6.37. The molecule has 0 aliphatic carbocycles. The summed E-state index contributed by atoms with van der Waals surface area (Å²) >= 11 is 2.17. The first-order chi connectivity index (χ1) is 5.02. The molecule has 2 aliphatic heterocycles. The fourth-order valence-electron chi connectivity index (χ4n) is 1.76. The van der Waals surface area contributed by atoms with Gasteiger partial charge in [-0.25, -0.2) is 0 Å². The van der Waals surface area contributed by atoms with Crippen molar-refractivity contribution >= 4 is 11.8 Å². The molecule has 1 nitrogen and oxygen atoms in total. The highest BCUT2D eigenvalue weighted by atomic mass is 32.2. The third-order valence-electron chi connectivity index (χ3n) is 2.87. The Labute approximate surface area is 73.5 Å². The van der Waals surface area contributed by atoms with Crippen LogP contribution < -0.4 is 0 Å². The topological polar surface area (TPSA) is 3.24 Å². The molecule has 2 saturated heterocycles. The average Bonchev–Trinajstić information content (AvgIpc) is 1.49. The zero-order valence-electron chi connectivity index (χ0n) is 7.68. The van der Waals surface area contributed by atoms with Crippen LogP contribution in [0.15, 0.2) is 0 Å². The molecule has 0 bridgehead atoms.